The number of hydrogen-bond donors (Lipinski definition) is 1. The summed E-state index contributed by atoms with van der Waals surface area (Å²) in [5.41, 5.74) is 3.08. The third-order valence-corrected chi connectivity index (χ3v) is 7.01. The zero-order valence-electron chi connectivity index (χ0n) is 19.1. The smallest absolute Gasteiger partial charge is 0.161 e. The van der Waals surface area contributed by atoms with Gasteiger partial charge in [-0.05, 0) is 30.2 Å². The molecule has 1 aliphatic heterocycles. The lowest BCUT2D eigenvalue weighted by Crippen LogP contribution is -2.37. The number of ether oxygens (including phenoxy) is 1. The third kappa shape index (κ3) is 4.26. The molecule has 172 valence electrons. The van der Waals surface area contributed by atoms with Gasteiger partial charge < -0.3 is 14.7 Å². The van der Waals surface area contributed by atoms with Crippen LogP contribution in [0.4, 0.5) is 5.82 Å². The van der Waals surface area contributed by atoms with Crippen molar-refractivity contribution >= 4 is 27.4 Å². The van der Waals surface area contributed by atoms with Gasteiger partial charge in [0.05, 0.1) is 30.5 Å². The summed E-state index contributed by atoms with van der Waals surface area (Å²) in [5, 5.41) is 21.6. The van der Waals surface area contributed by atoms with Crippen molar-refractivity contribution in [3.8, 4) is 17.5 Å². The fourth-order valence-corrected chi connectivity index (χ4v) is 5.25. The molecule has 0 aliphatic carbocycles. The largest absolute Gasteiger partial charge is 0.383 e. The highest BCUT2D eigenvalue weighted by Gasteiger charge is 2.24. The van der Waals surface area contributed by atoms with Crippen molar-refractivity contribution in [1.29, 1.82) is 5.26 Å². The first-order valence-electron chi connectivity index (χ1n) is 11.3. The maximum Gasteiger partial charge on any atom is 0.161 e. The van der Waals surface area contributed by atoms with Gasteiger partial charge in [-0.1, -0.05) is 32.0 Å². The number of aliphatic hydroxyl groups is 1. The second kappa shape index (κ2) is 9.47. The number of morpholine rings is 1. The normalized spacial score (nSPS) is 15.0. The molecule has 4 aromatic rings. The maximum absolute atomic E-state index is 11.4. The molecule has 1 N–H and O–H groups in total. The summed E-state index contributed by atoms with van der Waals surface area (Å²) in [4.78, 5) is 18.0. The Labute approximate surface area is 202 Å². The van der Waals surface area contributed by atoms with Crippen LogP contribution in [0.3, 0.4) is 0 Å². The number of aromatic nitrogens is 3. The molecule has 34 heavy (non-hydrogen) atoms. The number of hydrogen-bond acceptors (Lipinski definition) is 8. The molecule has 8 heteroatoms. The number of anilines is 1. The summed E-state index contributed by atoms with van der Waals surface area (Å²) in [7, 11) is 0. The van der Waals surface area contributed by atoms with Crippen molar-refractivity contribution in [2.75, 3.05) is 31.2 Å². The van der Waals surface area contributed by atoms with Gasteiger partial charge in [0.25, 0.3) is 0 Å². The average molecular weight is 472 g/mol. The van der Waals surface area contributed by atoms with E-state index in [0.717, 1.165) is 50.8 Å². The van der Waals surface area contributed by atoms with Crippen molar-refractivity contribution < 1.29 is 9.84 Å². The molecule has 0 spiro atoms. The molecule has 0 bridgehead atoms. The Bertz CT molecular complexity index is 1370. The lowest BCUT2D eigenvalue weighted by atomic mass is 10.0. The van der Waals surface area contributed by atoms with Gasteiger partial charge in [0, 0.05) is 40.7 Å². The first-order valence-corrected chi connectivity index (χ1v) is 12.1. The molecule has 7 nitrogen and oxygen atoms in total. The summed E-state index contributed by atoms with van der Waals surface area (Å²) in [6.07, 6.45) is 0.937. The van der Waals surface area contributed by atoms with E-state index in [2.05, 4.69) is 29.8 Å². The molecule has 4 heterocycles. The molecule has 3 aromatic heterocycles. The highest BCUT2D eigenvalue weighted by atomic mass is 32.1. The number of pyridine rings is 1. The minimum Gasteiger partial charge on any atom is -0.383 e. The van der Waals surface area contributed by atoms with E-state index in [1.807, 2.05) is 30.3 Å². The van der Waals surface area contributed by atoms with E-state index in [1.54, 1.807) is 18.3 Å². The molecule has 0 saturated carbocycles. The van der Waals surface area contributed by atoms with Crippen LogP contribution in [0.15, 0.2) is 48.7 Å². The number of aliphatic hydroxyl groups excluding tert-OH is 1. The molecular formula is C26H25N5O2S. The average Bonchev–Trinajstić information content (AvgIpc) is 3.32. The standard InChI is InChI=1S/C26H25N5O2S/c1-16(2)22-20-14-21(23(32)19-7-4-8-28-25(19)31-9-11-33-12-10-31)34-26(20)30-24(29-22)18-6-3-5-17(13-18)15-27/h3-8,13-14,16,23,32H,9-12H2,1-2H3. The van der Waals surface area contributed by atoms with Gasteiger partial charge in [-0.2, -0.15) is 5.26 Å². The fourth-order valence-electron chi connectivity index (χ4n) is 4.21. The zero-order chi connectivity index (χ0) is 23.7. The Balaban J connectivity index is 1.58. The van der Waals surface area contributed by atoms with Gasteiger partial charge in [0.2, 0.25) is 0 Å². The first kappa shape index (κ1) is 22.4. The van der Waals surface area contributed by atoms with E-state index < -0.39 is 6.10 Å². The summed E-state index contributed by atoms with van der Waals surface area (Å²) in [6, 6.07) is 15.3. The van der Waals surface area contributed by atoms with Crippen molar-refractivity contribution in [3.63, 3.8) is 0 Å². The number of thiophene rings is 1. The second-order valence-electron chi connectivity index (χ2n) is 8.57. The van der Waals surface area contributed by atoms with Crippen LogP contribution >= 0.6 is 11.3 Å². The van der Waals surface area contributed by atoms with Crippen LogP contribution in [0.1, 0.15) is 47.6 Å². The Morgan fingerprint density at radius 2 is 1.94 bits per heavy atom. The van der Waals surface area contributed by atoms with Crippen molar-refractivity contribution in [1.82, 2.24) is 15.0 Å². The van der Waals surface area contributed by atoms with E-state index in [4.69, 9.17) is 14.7 Å². The quantitative estimate of drug-likeness (QED) is 0.452. The molecule has 1 fully saturated rings. The Kier molecular flexibility index (Phi) is 6.24. The molecule has 1 aromatic carbocycles. The minimum absolute atomic E-state index is 0.172. The highest BCUT2D eigenvalue weighted by Crippen LogP contribution is 2.38. The molecule has 0 amide bonds. The molecule has 0 radical (unpaired) electrons. The van der Waals surface area contributed by atoms with E-state index in [-0.39, 0.29) is 5.92 Å². The first-order chi connectivity index (χ1) is 16.5. The molecule has 1 unspecified atom stereocenters. The SMILES string of the molecule is CC(C)c1nc(-c2cccc(C#N)c2)nc2sc(C(O)c3cccnc3N3CCOCC3)cc12. The summed E-state index contributed by atoms with van der Waals surface area (Å²) < 4.78 is 5.48. The van der Waals surface area contributed by atoms with Crippen LogP contribution in [0.25, 0.3) is 21.6 Å². The fraction of sp³-hybridized carbons (Fsp3) is 0.308. The number of nitriles is 1. The summed E-state index contributed by atoms with van der Waals surface area (Å²) in [6.45, 7) is 7.00. The van der Waals surface area contributed by atoms with Gasteiger partial charge in [-0.25, -0.2) is 15.0 Å². The number of rotatable bonds is 5. The van der Waals surface area contributed by atoms with Crippen LogP contribution in [-0.2, 0) is 4.74 Å². The van der Waals surface area contributed by atoms with Crippen LogP contribution < -0.4 is 4.90 Å². The van der Waals surface area contributed by atoms with Crippen LogP contribution in [-0.4, -0.2) is 46.4 Å². The summed E-state index contributed by atoms with van der Waals surface area (Å²) in [5.74, 6) is 1.55. The zero-order valence-corrected chi connectivity index (χ0v) is 19.9. The molecule has 1 saturated heterocycles. The maximum atomic E-state index is 11.4. The lowest BCUT2D eigenvalue weighted by Gasteiger charge is -2.30. The predicted octanol–water partition coefficient (Wildman–Crippen LogP) is 4.67. The van der Waals surface area contributed by atoms with E-state index >= 15 is 0 Å². The molecule has 1 atom stereocenters. The van der Waals surface area contributed by atoms with Crippen molar-refractivity contribution in [2.45, 2.75) is 25.9 Å². The van der Waals surface area contributed by atoms with E-state index in [9.17, 15) is 10.4 Å². The number of nitrogens with zero attached hydrogens (tertiary/aromatic N) is 5. The van der Waals surface area contributed by atoms with E-state index in [1.165, 1.54) is 11.3 Å². The second-order valence-corrected chi connectivity index (χ2v) is 9.63. The van der Waals surface area contributed by atoms with Crippen molar-refractivity contribution in [3.05, 3.63) is 70.4 Å². The highest BCUT2D eigenvalue weighted by molar-refractivity contribution is 7.18. The topological polar surface area (TPSA) is 95.2 Å². The Morgan fingerprint density at radius 3 is 2.71 bits per heavy atom. The molecular weight excluding hydrogens is 446 g/mol. The number of fused-ring (bicyclic) bond motifs is 1. The van der Waals surface area contributed by atoms with Gasteiger partial charge >= 0.3 is 0 Å². The van der Waals surface area contributed by atoms with Gasteiger partial charge in [-0.3, -0.25) is 0 Å². The monoisotopic (exact) mass is 471 g/mol. The van der Waals surface area contributed by atoms with Crippen LogP contribution in [0, 0.1) is 11.3 Å². The van der Waals surface area contributed by atoms with Gasteiger partial charge in [0.1, 0.15) is 16.8 Å². The van der Waals surface area contributed by atoms with Crippen molar-refractivity contribution in [2.24, 2.45) is 0 Å². The number of benzene rings is 1. The van der Waals surface area contributed by atoms with Crippen LogP contribution in [0.2, 0.25) is 0 Å². The van der Waals surface area contributed by atoms with E-state index in [0.29, 0.717) is 24.6 Å². The molecule has 5 rings (SSSR count). The van der Waals surface area contributed by atoms with Gasteiger partial charge in [0.15, 0.2) is 5.82 Å². The predicted molar refractivity (Wildman–Crippen MR) is 133 cm³/mol. The van der Waals surface area contributed by atoms with Gasteiger partial charge in [-0.15, -0.1) is 11.3 Å². The Hall–Kier alpha value is -3.38. The molecule has 1 aliphatic rings. The summed E-state index contributed by atoms with van der Waals surface area (Å²) >= 11 is 1.47. The minimum atomic E-state index is -0.823. The lowest BCUT2D eigenvalue weighted by molar-refractivity contribution is 0.122. The van der Waals surface area contributed by atoms with Crippen LogP contribution in [0.5, 0.6) is 0 Å². The Morgan fingerprint density at radius 1 is 1.12 bits per heavy atom. The third-order valence-electron chi connectivity index (χ3n) is 5.93.